The van der Waals surface area contributed by atoms with Gasteiger partial charge in [-0.25, -0.2) is 9.78 Å². The molecule has 0 saturated carbocycles. The predicted octanol–water partition coefficient (Wildman–Crippen LogP) is 3.95. The molecule has 4 rings (SSSR count). The Labute approximate surface area is 194 Å². The Balaban J connectivity index is 1.91. The minimum Gasteiger partial charge on any atom is -0.351 e. The van der Waals surface area contributed by atoms with Crippen molar-refractivity contribution in [3.63, 3.8) is 0 Å². The van der Waals surface area contributed by atoms with E-state index in [0.717, 1.165) is 36.8 Å². The van der Waals surface area contributed by atoms with Crippen molar-refractivity contribution >= 4 is 45.3 Å². The lowest BCUT2D eigenvalue weighted by Gasteiger charge is -2.20. The van der Waals surface area contributed by atoms with Crippen molar-refractivity contribution in [1.82, 2.24) is 14.9 Å². The number of benzene rings is 1. The zero-order valence-electron chi connectivity index (χ0n) is 18.3. The van der Waals surface area contributed by atoms with Gasteiger partial charge in [-0.3, -0.25) is 19.5 Å². The van der Waals surface area contributed by atoms with Gasteiger partial charge in [0.25, 0.3) is 5.56 Å². The molecule has 0 radical (unpaired) electrons. The average Bonchev–Trinajstić information content (AvgIpc) is 3.11. The molecule has 1 aliphatic rings. The molecule has 3 amide bonds. The zero-order valence-corrected chi connectivity index (χ0v) is 19.9. The summed E-state index contributed by atoms with van der Waals surface area (Å²) in [6, 6.07) is 6.78. The fraction of sp³-hybridized carbons (Fsp3) is 0.391. The number of hydrogen-bond acceptors (Lipinski definition) is 6. The van der Waals surface area contributed by atoms with E-state index in [1.54, 1.807) is 15.9 Å². The fourth-order valence-electron chi connectivity index (χ4n) is 3.99. The van der Waals surface area contributed by atoms with Gasteiger partial charge in [0.15, 0.2) is 5.16 Å². The molecule has 0 fully saturated rings. The smallest absolute Gasteiger partial charge is 0.318 e. The van der Waals surface area contributed by atoms with Crippen LogP contribution in [0.1, 0.15) is 42.7 Å². The summed E-state index contributed by atoms with van der Waals surface area (Å²) in [5.41, 5.74) is 7.96. The third-order valence-corrected chi connectivity index (χ3v) is 8.28. The number of aryl methyl sites for hydroxylation is 3. The van der Waals surface area contributed by atoms with Crippen LogP contribution in [0.25, 0.3) is 15.9 Å². The number of thioether (sulfide) groups is 1. The Morgan fingerprint density at radius 1 is 1.19 bits per heavy atom. The summed E-state index contributed by atoms with van der Waals surface area (Å²) in [6.07, 6.45) is 4.05. The van der Waals surface area contributed by atoms with Gasteiger partial charge in [-0.1, -0.05) is 43.3 Å². The van der Waals surface area contributed by atoms with E-state index in [9.17, 15) is 14.4 Å². The quantitative estimate of drug-likeness (QED) is 0.434. The van der Waals surface area contributed by atoms with Gasteiger partial charge in [-0.2, -0.15) is 0 Å². The summed E-state index contributed by atoms with van der Waals surface area (Å²) in [5.74, 6) is -0.609. The SMILES string of the molecule is Cc1ccc(-n2c(SC(C(=O)NC(N)=O)C(C)C)nc3sc4c(c3c2=O)CCCC4)cc1. The molecular formula is C23H26N4O3S2. The van der Waals surface area contributed by atoms with E-state index in [4.69, 9.17) is 10.7 Å². The van der Waals surface area contributed by atoms with Crippen molar-refractivity contribution in [3.8, 4) is 5.69 Å². The van der Waals surface area contributed by atoms with Gasteiger partial charge in [0, 0.05) is 4.88 Å². The third-order valence-electron chi connectivity index (χ3n) is 5.59. The van der Waals surface area contributed by atoms with Crippen molar-refractivity contribution in [3.05, 3.63) is 50.6 Å². The molecule has 2 aromatic heterocycles. The second-order valence-corrected chi connectivity index (χ2v) is 10.6. The number of carbonyl (C=O) groups is 2. The van der Waals surface area contributed by atoms with Crippen molar-refractivity contribution in [2.75, 3.05) is 0 Å². The number of thiophene rings is 1. The van der Waals surface area contributed by atoms with Crippen molar-refractivity contribution < 1.29 is 9.59 Å². The normalized spacial score (nSPS) is 14.4. The molecule has 0 spiro atoms. The Kier molecular flexibility index (Phi) is 6.39. The molecule has 1 atom stereocenters. The molecule has 7 nitrogen and oxygen atoms in total. The minimum atomic E-state index is -0.897. The van der Waals surface area contributed by atoms with Gasteiger partial charge < -0.3 is 5.73 Å². The van der Waals surface area contributed by atoms with E-state index in [0.29, 0.717) is 21.1 Å². The van der Waals surface area contributed by atoms with E-state index in [2.05, 4.69) is 5.32 Å². The Morgan fingerprint density at radius 3 is 2.53 bits per heavy atom. The number of aromatic nitrogens is 2. The largest absolute Gasteiger partial charge is 0.351 e. The van der Waals surface area contributed by atoms with Gasteiger partial charge in [-0.05, 0) is 56.2 Å². The Bertz CT molecular complexity index is 1240. The monoisotopic (exact) mass is 470 g/mol. The first-order valence-electron chi connectivity index (χ1n) is 10.7. The van der Waals surface area contributed by atoms with Crippen LogP contribution in [0.2, 0.25) is 0 Å². The van der Waals surface area contributed by atoms with Crippen LogP contribution in [0.4, 0.5) is 4.79 Å². The highest BCUT2D eigenvalue weighted by Gasteiger charge is 2.29. The van der Waals surface area contributed by atoms with Gasteiger partial charge in [0.1, 0.15) is 4.83 Å². The lowest BCUT2D eigenvalue weighted by molar-refractivity contribution is -0.120. The van der Waals surface area contributed by atoms with Crippen LogP contribution in [0.5, 0.6) is 0 Å². The topological polar surface area (TPSA) is 107 Å². The summed E-state index contributed by atoms with van der Waals surface area (Å²) in [6.45, 7) is 5.76. The molecule has 1 unspecified atom stereocenters. The zero-order chi connectivity index (χ0) is 23.0. The van der Waals surface area contributed by atoms with E-state index >= 15 is 0 Å². The van der Waals surface area contributed by atoms with E-state index in [1.165, 1.54) is 16.6 Å². The minimum absolute atomic E-state index is 0.112. The molecule has 0 aliphatic heterocycles. The number of nitrogens with one attached hydrogen (secondary N) is 1. The lowest BCUT2D eigenvalue weighted by atomic mass is 9.97. The summed E-state index contributed by atoms with van der Waals surface area (Å²) in [7, 11) is 0. The van der Waals surface area contributed by atoms with Gasteiger partial charge in [0.2, 0.25) is 5.91 Å². The van der Waals surface area contributed by atoms with Crippen LogP contribution in [0.15, 0.2) is 34.2 Å². The number of carbonyl (C=O) groups excluding carboxylic acids is 2. The maximum Gasteiger partial charge on any atom is 0.318 e. The van der Waals surface area contributed by atoms with Crippen LogP contribution >= 0.6 is 23.1 Å². The second-order valence-electron chi connectivity index (χ2n) is 8.40. The predicted molar refractivity (Wildman–Crippen MR) is 129 cm³/mol. The number of fused-ring (bicyclic) bond motifs is 3. The molecule has 168 valence electrons. The lowest BCUT2D eigenvalue weighted by Crippen LogP contribution is -2.42. The number of primary amides is 1. The van der Waals surface area contributed by atoms with Crippen LogP contribution in [0, 0.1) is 12.8 Å². The molecule has 3 N–H and O–H groups in total. The molecule has 1 aliphatic carbocycles. The summed E-state index contributed by atoms with van der Waals surface area (Å²) in [4.78, 5) is 44.5. The van der Waals surface area contributed by atoms with Gasteiger partial charge in [-0.15, -0.1) is 11.3 Å². The first-order valence-corrected chi connectivity index (χ1v) is 12.4. The summed E-state index contributed by atoms with van der Waals surface area (Å²) < 4.78 is 1.60. The van der Waals surface area contributed by atoms with E-state index in [1.807, 2.05) is 45.0 Å². The van der Waals surface area contributed by atoms with Crippen LogP contribution in [-0.4, -0.2) is 26.7 Å². The number of nitrogens with two attached hydrogens (primary N) is 1. The first-order chi connectivity index (χ1) is 15.3. The maximum absolute atomic E-state index is 13.8. The van der Waals surface area contributed by atoms with Crippen LogP contribution in [0.3, 0.4) is 0 Å². The number of imide groups is 1. The van der Waals surface area contributed by atoms with Crippen LogP contribution in [-0.2, 0) is 17.6 Å². The van der Waals surface area contributed by atoms with E-state index in [-0.39, 0.29) is 11.5 Å². The highest BCUT2D eigenvalue weighted by atomic mass is 32.2. The van der Waals surface area contributed by atoms with Crippen LogP contribution < -0.4 is 16.6 Å². The first kappa shape index (κ1) is 22.5. The second kappa shape index (κ2) is 9.07. The Hall–Kier alpha value is -2.65. The summed E-state index contributed by atoms with van der Waals surface area (Å²) >= 11 is 2.76. The number of nitrogens with zero attached hydrogens (tertiary/aromatic N) is 2. The fourth-order valence-corrected chi connectivity index (χ4v) is 6.40. The van der Waals surface area contributed by atoms with Crippen molar-refractivity contribution in [2.45, 2.75) is 56.9 Å². The molecule has 1 aromatic carbocycles. The number of hydrogen-bond donors (Lipinski definition) is 2. The Morgan fingerprint density at radius 2 is 1.88 bits per heavy atom. The third kappa shape index (κ3) is 4.31. The standard InChI is InChI=1S/C23H26N4O3S2/c1-12(2)18(19(28)25-22(24)30)32-23-26-20-17(15-6-4-5-7-16(15)31-20)21(29)27(23)14-10-8-13(3)9-11-14/h8-12,18H,4-7H2,1-3H3,(H3,24,25,28,30). The van der Waals surface area contributed by atoms with Gasteiger partial charge >= 0.3 is 6.03 Å². The number of urea groups is 1. The highest BCUT2D eigenvalue weighted by molar-refractivity contribution is 8.00. The van der Waals surface area contributed by atoms with E-state index < -0.39 is 17.2 Å². The number of amides is 3. The molecule has 9 heteroatoms. The molecule has 32 heavy (non-hydrogen) atoms. The number of rotatable bonds is 5. The molecular weight excluding hydrogens is 444 g/mol. The molecule has 0 saturated heterocycles. The van der Waals surface area contributed by atoms with Gasteiger partial charge in [0.05, 0.1) is 16.3 Å². The highest BCUT2D eigenvalue weighted by Crippen LogP contribution is 2.36. The molecule has 2 heterocycles. The molecule has 3 aromatic rings. The van der Waals surface area contributed by atoms with Crippen molar-refractivity contribution in [1.29, 1.82) is 0 Å². The average molecular weight is 471 g/mol. The summed E-state index contributed by atoms with van der Waals surface area (Å²) in [5, 5.41) is 2.65. The van der Waals surface area contributed by atoms with Crippen molar-refractivity contribution in [2.24, 2.45) is 11.7 Å². The molecule has 0 bridgehead atoms. The maximum atomic E-state index is 13.8.